The van der Waals surface area contributed by atoms with Gasteiger partial charge in [-0.15, -0.1) is 0 Å². The Morgan fingerprint density at radius 1 is 1.44 bits per heavy atom. The van der Waals surface area contributed by atoms with E-state index >= 15 is 0 Å². The Balaban J connectivity index is 2.22. The molecule has 0 saturated carbocycles. The van der Waals surface area contributed by atoms with Gasteiger partial charge in [-0.1, -0.05) is 25.9 Å². The Morgan fingerprint density at radius 2 is 2.25 bits per heavy atom. The number of hydrogen-bond donors (Lipinski definition) is 1. The van der Waals surface area contributed by atoms with Crippen LogP contribution in [0.15, 0.2) is 4.52 Å². The van der Waals surface area contributed by atoms with E-state index in [0.29, 0.717) is 24.4 Å². The molecule has 92 valence electrons. The number of hydrogen-bond acceptors (Lipinski definition) is 5. The van der Waals surface area contributed by atoms with Crippen molar-refractivity contribution in [3.8, 4) is 0 Å². The van der Waals surface area contributed by atoms with Gasteiger partial charge in [0.2, 0.25) is 5.89 Å². The Labute approximate surface area is 96.6 Å². The molecule has 1 heterocycles. The van der Waals surface area contributed by atoms with Gasteiger partial charge in [-0.25, -0.2) is 0 Å². The average Bonchev–Trinajstić information content (AvgIpc) is 2.66. The average molecular weight is 227 g/mol. The highest BCUT2D eigenvalue weighted by Gasteiger charge is 2.05. The van der Waals surface area contributed by atoms with Gasteiger partial charge < -0.3 is 14.6 Å². The van der Waals surface area contributed by atoms with E-state index < -0.39 is 0 Å². The standard InChI is InChI=1S/C11H21N3O2/c1-4-7-15-8-10-13-11(16-14-10)5-6-12-9(2)3/h9,12H,4-8H2,1-3H3. The number of rotatable bonds is 8. The monoisotopic (exact) mass is 227 g/mol. The summed E-state index contributed by atoms with van der Waals surface area (Å²) in [7, 11) is 0. The molecular formula is C11H21N3O2. The summed E-state index contributed by atoms with van der Waals surface area (Å²) in [4.78, 5) is 4.24. The molecule has 0 atom stereocenters. The van der Waals surface area contributed by atoms with Crippen molar-refractivity contribution in [1.82, 2.24) is 15.5 Å². The molecule has 1 aromatic heterocycles. The maximum atomic E-state index is 5.32. The van der Waals surface area contributed by atoms with Crippen LogP contribution in [0.25, 0.3) is 0 Å². The first kappa shape index (κ1) is 13.1. The highest BCUT2D eigenvalue weighted by atomic mass is 16.5. The van der Waals surface area contributed by atoms with Crippen molar-refractivity contribution in [3.05, 3.63) is 11.7 Å². The molecule has 1 N–H and O–H groups in total. The predicted molar refractivity (Wildman–Crippen MR) is 61.1 cm³/mol. The van der Waals surface area contributed by atoms with Crippen LogP contribution in [-0.4, -0.2) is 29.3 Å². The number of ether oxygens (including phenoxy) is 1. The van der Waals surface area contributed by atoms with E-state index in [9.17, 15) is 0 Å². The third kappa shape index (κ3) is 5.23. The van der Waals surface area contributed by atoms with Gasteiger partial charge in [-0.3, -0.25) is 0 Å². The van der Waals surface area contributed by atoms with E-state index in [-0.39, 0.29) is 0 Å². The van der Waals surface area contributed by atoms with Crippen LogP contribution in [0.1, 0.15) is 38.9 Å². The van der Waals surface area contributed by atoms with Crippen molar-refractivity contribution in [1.29, 1.82) is 0 Å². The molecule has 0 fully saturated rings. The van der Waals surface area contributed by atoms with Gasteiger partial charge in [0.25, 0.3) is 0 Å². The van der Waals surface area contributed by atoms with Crippen LogP contribution < -0.4 is 5.32 Å². The van der Waals surface area contributed by atoms with Crippen molar-refractivity contribution in [3.63, 3.8) is 0 Å². The van der Waals surface area contributed by atoms with E-state index in [1.54, 1.807) is 0 Å². The summed E-state index contributed by atoms with van der Waals surface area (Å²) < 4.78 is 10.4. The molecule has 1 aromatic rings. The minimum Gasteiger partial charge on any atom is -0.373 e. The number of nitrogens with one attached hydrogen (secondary N) is 1. The van der Waals surface area contributed by atoms with Crippen molar-refractivity contribution in [2.45, 2.75) is 46.3 Å². The Morgan fingerprint density at radius 3 is 2.94 bits per heavy atom. The zero-order chi connectivity index (χ0) is 11.8. The first-order chi connectivity index (χ1) is 7.72. The molecule has 5 heteroatoms. The van der Waals surface area contributed by atoms with E-state index in [1.165, 1.54) is 0 Å². The first-order valence-corrected chi connectivity index (χ1v) is 5.85. The zero-order valence-electron chi connectivity index (χ0n) is 10.3. The largest absolute Gasteiger partial charge is 0.373 e. The lowest BCUT2D eigenvalue weighted by Crippen LogP contribution is -2.25. The predicted octanol–water partition coefficient (Wildman–Crippen LogP) is 1.54. The lowest BCUT2D eigenvalue weighted by atomic mass is 10.3. The van der Waals surface area contributed by atoms with Crippen LogP contribution in [0, 0.1) is 0 Å². The van der Waals surface area contributed by atoms with Crippen molar-refractivity contribution >= 4 is 0 Å². The molecule has 0 radical (unpaired) electrons. The number of nitrogens with zero attached hydrogens (tertiary/aromatic N) is 2. The van der Waals surface area contributed by atoms with E-state index in [1.807, 2.05) is 0 Å². The van der Waals surface area contributed by atoms with E-state index in [2.05, 4.69) is 36.2 Å². The molecule has 0 amide bonds. The molecule has 0 unspecified atom stereocenters. The molecule has 0 bridgehead atoms. The van der Waals surface area contributed by atoms with E-state index in [4.69, 9.17) is 9.26 Å². The zero-order valence-corrected chi connectivity index (χ0v) is 10.3. The molecular weight excluding hydrogens is 206 g/mol. The van der Waals surface area contributed by atoms with Gasteiger partial charge in [0.15, 0.2) is 5.82 Å². The van der Waals surface area contributed by atoms with Crippen LogP contribution in [0.2, 0.25) is 0 Å². The Hall–Kier alpha value is -0.940. The minimum absolute atomic E-state index is 0.439. The van der Waals surface area contributed by atoms with Crippen LogP contribution in [0.5, 0.6) is 0 Å². The lowest BCUT2D eigenvalue weighted by Gasteiger charge is -2.04. The summed E-state index contributed by atoms with van der Waals surface area (Å²) >= 11 is 0. The summed E-state index contributed by atoms with van der Waals surface area (Å²) in [6.45, 7) is 8.32. The van der Waals surface area contributed by atoms with Gasteiger partial charge in [0.1, 0.15) is 6.61 Å². The Bertz CT molecular complexity index is 287. The van der Waals surface area contributed by atoms with Crippen LogP contribution in [0.3, 0.4) is 0 Å². The first-order valence-electron chi connectivity index (χ1n) is 5.85. The second-order valence-corrected chi connectivity index (χ2v) is 4.02. The highest BCUT2D eigenvalue weighted by Crippen LogP contribution is 2.00. The van der Waals surface area contributed by atoms with Gasteiger partial charge in [-0.2, -0.15) is 4.98 Å². The summed E-state index contributed by atoms with van der Waals surface area (Å²) in [5.41, 5.74) is 0. The second kappa shape index (κ2) is 7.35. The van der Waals surface area contributed by atoms with Crippen molar-refractivity contribution in [2.75, 3.05) is 13.2 Å². The summed E-state index contributed by atoms with van der Waals surface area (Å²) in [5, 5.41) is 7.14. The highest BCUT2D eigenvalue weighted by molar-refractivity contribution is 4.85. The van der Waals surface area contributed by atoms with Crippen LogP contribution in [0.4, 0.5) is 0 Å². The van der Waals surface area contributed by atoms with Gasteiger partial charge in [-0.05, 0) is 6.42 Å². The quantitative estimate of drug-likeness (QED) is 0.682. The van der Waals surface area contributed by atoms with Gasteiger partial charge in [0, 0.05) is 25.6 Å². The molecule has 0 aliphatic carbocycles. The van der Waals surface area contributed by atoms with Crippen molar-refractivity contribution in [2.24, 2.45) is 0 Å². The summed E-state index contributed by atoms with van der Waals surface area (Å²) in [5.74, 6) is 1.30. The van der Waals surface area contributed by atoms with Crippen molar-refractivity contribution < 1.29 is 9.26 Å². The third-order valence-electron chi connectivity index (χ3n) is 1.98. The maximum absolute atomic E-state index is 5.32. The molecule has 0 spiro atoms. The third-order valence-corrected chi connectivity index (χ3v) is 1.98. The summed E-state index contributed by atoms with van der Waals surface area (Å²) in [6, 6.07) is 0.482. The van der Waals surface area contributed by atoms with Crippen LogP contribution >= 0.6 is 0 Å². The van der Waals surface area contributed by atoms with Crippen LogP contribution in [-0.2, 0) is 17.8 Å². The fraction of sp³-hybridized carbons (Fsp3) is 0.818. The molecule has 0 saturated heterocycles. The molecule has 0 aromatic carbocycles. The number of aromatic nitrogens is 2. The summed E-state index contributed by atoms with van der Waals surface area (Å²) in [6.07, 6.45) is 1.77. The fourth-order valence-electron chi connectivity index (χ4n) is 1.23. The fourth-order valence-corrected chi connectivity index (χ4v) is 1.23. The topological polar surface area (TPSA) is 60.2 Å². The van der Waals surface area contributed by atoms with E-state index in [0.717, 1.165) is 26.0 Å². The van der Waals surface area contributed by atoms with Gasteiger partial charge >= 0.3 is 0 Å². The lowest BCUT2D eigenvalue weighted by molar-refractivity contribution is 0.114. The molecule has 0 aliphatic rings. The second-order valence-electron chi connectivity index (χ2n) is 4.02. The normalized spacial score (nSPS) is 11.2. The molecule has 1 rings (SSSR count). The van der Waals surface area contributed by atoms with Gasteiger partial charge in [0.05, 0.1) is 0 Å². The minimum atomic E-state index is 0.439. The molecule has 5 nitrogen and oxygen atoms in total. The Kier molecular flexibility index (Phi) is 6.03. The molecule has 0 aliphatic heterocycles. The smallest absolute Gasteiger partial charge is 0.228 e. The maximum Gasteiger partial charge on any atom is 0.228 e. The SMILES string of the molecule is CCCOCc1noc(CCNC(C)C)n1. The molecule has 16 heavy (non-hydrogen) atoms.